The normalized spacial score (nSPS) is 10.8. The number of rotatable bonds is 7. The number of carboxylic acid groups (broad SMARTS) is 1. The number of nitrogens with one attached hydrogen (secondary N) is 2. The first-order valence-electron chi connectivity index (χ1n) is 7.41. The van der Waals surface area contributed by atoms with E-state index < -0.39 is 17.6 Å². The topological polar surface area (TPSA) is 125 Å². The zero-order chi connectivity index (χ0) is 17.7. The van der Waals surface area contributed by atoms with Crippen molar-refractivity contribution in [1.29, 1.82) is 0 Å². The maximum absolute atomic E-state index is 12.1. The van der Waals surface area contributed by atoms with E-state index in [-0.39, 0.29) is 17.9 Å². The molecule has 0 aromatic carbocycles. The van der Waals surface area contributed by atoms with Crippen LogP contribution in [0.2, 0.25) is 0 Å². The van der Waals surface area contributed by atoms with Gasteiger partial charge in [-0.25, -0.2) is 14.6 Å². The first kappa shape index (κ1) is 17.8. The third-order valence-electron chi connectivity index (χ3n) is 3.06. The Labute approximate surface area is 142 Å². The van der Waals surface area contributed by atoms with Gasteiger partial charge in [0.1, 0.15) is 5.69 Å². The maximum atomic E-state index is 12.1. The van der Waals surface area contributed by atoms with Gasteiger partial charge in [0.15, 0.2) is 5.69 Å². The predicted molar refractivity (Wildman–Crippen MR) is 88.5 cm³/mol. The lowest BCUT2D eigenvalue weighted by atomic mass is 10.1. The van der Waals surface area contributed by atoms with E-state index in [1.807, 2.05) is 13.8 Å². The molecule has 0 fully saturated rings. The van der Waals surface area contributed by atoms with Gasteiger partial charge in [0.2, 0.25) is 0 Å². The minimum Gasteiger partial charge on any atom is -0.476 e. The summed E-state index contributed by atoms with van der Waals surface area (Å²) in [5, 5.41) is 13.5. The average molecular weight is 350 g/mol. The number of hydrogen-bond donors (Lipinski definition) is 3. The van der Waals surface area contributed by atoms with Crippen LogP contribution >= 0.6 is 11.3 Å². The molecule has 0 spiro atoms. The van der Waals surface area contributed by atoms with Gasteiger partial charge in [-0.3, -0.25) is 4.79 Å². The highest BCUT2D eigenvalue weighted by Gasteiger charge is 2.12. The minimum atomic E-state index is -1.08. The number of H-pyrrole nitrogens is 1. The molecule has 0 aliphatic carbocycles. The fraction of sp³-hybridized carbons (Fsp3) is 0.400. The van der Waals surface area contributed by atoms with Gasteiger partial charge in [-0.1, -0.05) is 13.8 Å². The van der Waals surface area contributed by atoms with Gasteiger partial charge in [-0.2, -0.15) is 4.98 Å². The molecule has 9 heteroatoms. The highest BCUT2D eigenvalue weighted by atomic mass is 32.1. The van der Waals surface area contributed by atoms with Crippen LogP contribution in [0.15, 0.2) is 16.2 Å². The number of hydrogen-bond acceptors (Lipinski definition) is 6. The molecule has 0 unspecified atom stereocenters. The van der Waals surface area contributed by atoms with Crippen molar-refractivity contribution >= 4 is 23.2 Å². The first-order valence-corrected chi connectivity index (χ1v) is 8.29. The van der Waals surface area contributed by atoms with Gasteiger partial charge in [0.05, 0.1) is 5.01 Å². The van der Waals surface area contributed by atoms with Crippen LogP contribution < -0.4 is 11.0 Å². The fourth-order valence-corrected chi connectivity index (χ4v) is 2.84. The van der Waals surface area contributed by atoms with Gasteiger partial charge in [-0.05, 0) is 18.4 Å². The molecule has 128 valence electrons. The Bertz CT molecular complexity index is 797. The molecule has 0 saturated heterocycles. The Hall–Kier alpha value is -2.55. The maximum Gasteiger partial charge on any atom is 0.355 e. The molecular formula is C15H18N4O4S. The summed E-state index contributed by atoms with van der Waals surface area (Å²) in [4.78, 5) is 44.6. The van der Waals surface area contributed by atoms with Crippen LogP contribution in [-0.4, -0.2) is 38.5 Å². The number of carbonyl (C=O) groups excluding carboxylic acids is 1. The Morgan fingerprint density at radius 3 is 2.71 bits per heavy atom. The Morgan fingerprint density at radius 2 is 2.08 bits per heavy atom. The molecule has 2 aromatic rings. The second-order valence-corrected chi connectivity index (χ2v) is 6.57. The zero-order valence-corrected chi connectivity index (χ0v) is 14.1. The lowest BCUT2D eigenvalue weighted by molar-refractivity contribution is 0.0690. The van der Waals surface area contributed by atoms with Crippen LogP contribution in [0, 0.1) is 5.92 Å². The molecular weight excluding hydrogens is 332 g/mol. The van der Waals surface area contributed by atoms with Gasteiger partial charge >= 0.3 is 11.7 Å². The molecule has 0 bridgehead atoms. The van der Waals surface area contributed by atoms with Crippen molar-refractivity contribution in [2.45, 2.75) is 26.7 Å². The van der Waals surface area contributed by atoms with Crippen LogP contribution in [0.3, 0.4) is 0 Å². The van der Waals surface area contributed by atoms with E-state index in [0.29, 0.717) is 29.5 Å². The summed E-state index contributed by atoms with van der Waals surface area (Å²) >= 11 is 1.22. The summed E-state index contributed by atoms with van der Waals surface area (Å²) in [5.41, 5.74) is 0.182. The number of carboxylic acids is 1. The van der Waals surface area contributed by atoms with Crippen LogP contribution in [0.25, 0.3) is 0 Å². The monoisotopic (exact) mass is 350 g/mol. The predicted octanol–water partition coefficient (Wildman–Crippen LogP) is 1.10. The van der Waals surface area contributed by atoms with Crippen LogP contribution in [0.1, 0.15) is 45.5 Å². The number of thiazole rings is 1. The largest absolute Gasteiger partial charge is 0.476 e. The van der Waals surface area contributed by atoms with Crippen molar-refractivity contribution in [3.05, 3.63) is 44.0 Å². The summed E-state index contributed by atoms with van der Waals surface area (Å²) in [7, 11) is 0. The van der Waals surface area contributed by atoms with Crippen molar-refractivity contribution in [1.82, 2.24) is 20.3 Å². The number of aromatic carboxylic acids is 1. The van der Waals surface area contributed by atoms with Crippen molar-refractivity contribution in [3.8, 4) is 0 Å². The molecule has 8 nitrogen and oxygen atoms in total. The Balaban J connectivity index is 1.95. The number of carbonyl (C=O) groups is 2. The lowest BCUT2D eigenvalue weighted by Crippen LogP contribution is -2.29. The number of nitrogens with zero attached hydrogens (tertiary/aromatic N) is 2. The van der Waals surface area contributed by atoms with Crippen molar-refractivity contribution < 1.29 is 14.7 Å². The first-order chi connectivity index (χ1) is 11.3. The van der Waals surface area contributed by atoms with Crippen molar-refractivity contribution in [3.63, 3.8) is 0 Å². The van der Waals surface area contributed by atoms with Gasteiger partial charge < -0.3 is 15.4 Å². The molecule has 0 radical (unpaired) electrons. The minimum absolute atomic E-state index is 0.00378. The third kappa shape index (κ3) is 4.98. The van der Waals surface area contributed by atoms with Crippen LogP contribution in [0.4, 0.5) is 0 Å². The lowest BCUT2D eigenvalue weighted by Gasteiger charge is -2.07. The number of aromatic amines is 1. The summed E-state index contributed by atoms with van der Waals surface area (Å²) < 4.78 is 0. The fourth-order valence-electron chi connectivity index (χ4n) is 2.07. The Kier molecular flexibility index (Phi) is 5.80. The van der Waals surface area contributed by atoms with E-state index in [1.165, 1.54) is 16.7 Å². The van der Waals surface area contributed by atoms with Crippen molar-refractivity contribution in [2.24, 2.45) is 5.92 Å². The van der Waals surface area contributed by atoms with Gasteiger partial charge in [0.25, 0.3) is 5.91 Å². The number of amides is 1. The molecule has 2 heterocycles. The number of aromatic nitrogens is 3. The molecule has 2 aromatic heterocycles. The SMILES string of the molecule is CC(C)Cc1cc(C(=O)NCCc2nc(C(=O)O)cs2)nc(=O)[nH]1. The van der Waals surface area contributed by atoms with E-state index in [1.54, 1.807) is 6.07 Å². The summed E-state index contributed by atoms with van der Waals surface area (Å²) in [6.45, 7) is 4.30. The zero-order valence-electron chi connectivity index (χ0n) is 13.3. The molecule has 2 rings (SSSR count). The van der Waals surface area contributed by atoms with Crippen LogP contribution in [-0.2, 0) is 12.8 Å². The van der Waals surface area contributed by atoms with E-state index in [4.69, 9.17) is 5.11 Å². The highest BCUT2D eigenvalue weighted by Crippen LogP contribution is 2.10. The summed E-state index contributed by atoms with van der Waals surface area (Å²) in [5.74, 6) is -1.18. The molecule has 0 aliphatic rings. The summed E-state index contributed by atoms with van der Waals surface area (Å²) in [6.07, 6.45) is 1.06. The smallest absolute Gasteiger partial charge is 0.355 e. The van der Waals surface area contributed by atoms with E-state index in [0.717, 1.165) is 0 Å². The second-order valence-electron chi connectivity index (χ2n) is 5.63. The molecule has 0 saturated carbocycles. The van der Waals surface area contributed by atoms with E-state index in [2.05, 4.69) is 20.3 Å². The molecule has 1 amide bonds. The second kappa shape index (κ2) is 7.82. The third-order valence-corrected chi connectivity index (χ3v) is 3.97. The molecule has 0 aliphatic heterocycles. The van der Waals surface area contributed by atoms with Crippen molar-refractivity contribution in [2.75, 3.05) is 6.54 Å². The van der Waals surface area contributed by atoms with Gasteiger partial charge in [-0.15, -0.1) is 11.3 Å². The Morgan fingerprint density at radius 1 is 1.33 bits per heavy atom. The standard InChI is InChI=1S/C15H18N4O4S/c1-8(2)5-9-6-10(19-15(23)17-9)13(20)16-4-3-12-18-11(7-24-12)14(21)22/h6-8H,3-5H2,1-2H3,(H,16,20)(H,21,22)(H,17,19,23). The quantitative estimate of drug-likeness (QED) is 0.686. The van der Waals surface area contributed by atoms with Gasteiger partial charge in [0, 0.05) is 24.0 Å². The highest BCUT2D eigenvalue weighted by molar-refractivity contribution is 7.09. The summed E-state index contributed by atoms with van der Waals surface area (Å²) in [6, 6.07) is 1.57. The molecule has 3 N–H and O–H groups in total. The van der Waals surface area contributed by atoms with Crippen LogP contribution in [0.5, 0.6) is 0 Å². The van der Waals surface area contributed by atoms with E-state index in [9.17, 15) is 14.4 Å². The molecule has 0 atom stereocenters. The van der Waals surface area contributed by atoms with E-state index >= 15 is 0 Å². The average Bonchev–Trinajstić information content (AvgIpc) is 2.95. The molecule has 24 heavy (non-hydrogen) atoms.